The van der Waals surface area contributed by atoms with E-state index in [2.05, 4.69) is 27.2 Å². The monoisotopic (exact) mass is 346 g/mol. The van der Waals surface area contributed by atoms with Gasteiger partial charge in [-0.05, 0) is 44.2 Å². The lowest BCUT2D eigenvalue weighted by molar-refractivity contribution is -0.132. The van der Waals surface area contributed by atoms with Gasteiger partial charge in [-0.15, -0.1) is 0 Å². The minimum absolute atomic E-state index is 0.226. The summed E-state index contributed by atoms with van der Waals surface area (Å²) < 4.78 is 5.24. The fraction of sp³-hybridized carbons (Fsp3) is 0.632. The maximum absolute atomic E-state index is 12.1. The van der Waals surface area contributed by atoms with Crippen LogP contribution in [0.2, 0.25) is 0 Å². The van der Waals surface area contributed by atoms with E-state index in [0.29, 0.717) is 12.6 Å². The number of nitrogens with one attached hydrogen (secondary N) is 1. The summed E-state index contributed by atoms with van der Waals surface area (Å²) in [7, 11) is 3.53. The maximum atomic E-state index is 12.1. The van der Waals surface area contributed by atoms with Crippen molar-refractivity contribution in [3.8, 4) is 5.75 Å². The van der Waals surface area contributed by atoms with E-state index in [-0.39, 0.29) is 5.91 Å². The lowest BCUT2D eigenvalue weighted by Gasteiger charge is -2.44. The molecule has 0 aromatic heterocycles. The fourth-order valence-electron chi connectivity index (χ4n) is 3.88. The summed E-state index contributed by atoms with van der Waals surface area (Å²) in [6.45, 7) is 6.42. The normalized spacial score (nSPS) is 22.1. The minimum atomic E-state index is 0.226. The molecule has 3 rings (SSSR count). The number of anilines is 1. The van der Waals surface area contributed by atoms with Gasteiger partial charge in [0.25, 0.3) is 0 Å². The van der Waals surface area contributed by atoms with Crippen LogP contribution in [0.1, 0.15) is 12.8 Å². The van der Waals surface area contributed by atoms with Crippen LogP contribution in [0.15, 0.2) is 24.3 Å². The molecule has 25 heavy (non-hydrogen) atoms. The molecule has 1 amide bonds. The van der Waals surface area contributed by atoms with Crippen molar-refractivity contribution in [1.82, 2.24) is 15.1 Å². The molecule has 2 fully saturated rings. The molecule has 2 saturated heterocycles. The Morgan fingerprint density at radius 2 is 1.88 bits per heavy atom. The van der Waals surface area contributed by atoms with Crippen molar-refractivity contribution < 1.29 is 9.53 Å². The summed E-state index contributed by atoms with van der Waals surface area (Å²) in [6, 6.07) is 8.82. The van der Waals surface area contributed by atoms with Crippen LogP contribution in [-0.4, -0.2) is 81.7 Å². The zero-order valence-corrected chi connectivity index (χ0v) is 15.4. The third-order valence-corrected chi connectivity index (χ3v) is 5.35. The molecule has 1 unspecified atom stereocenters. The first kappa shape index (κ1) is 18.0. The number of methoxy groups -OCH3 is 1. The Hall–Kier alpha value is -1.79. The second kappa shape index (κ2) is 8.54. The van der Waals surface area contributed by atoms with E-state index in [0.717, 1.165) is 51.4 Å². The van der Waals surface area contributed by atoms with Gasteiger partial charge in [0, 0.05) is 51.0 Å². The summed E-state index contributed by atoms with van der Waals surface area (Å²) >= 11 is 0. The summed E-state index contributed by atoms with van der Waals surface area (Å²) in [5.41, 5.74) is 1.26. The molecule has 0 radical (unpaired) electrons. The number of rotatable bonds is 5. The van der Waals surface area contributed by atoms with Gasteiger partial charge in [0.05, 0.1) is 13.7 Å². The topological polar surface area (TPSA) is 48.1 Å². The molecule has 0 bridgehead atoms. The van der Waals surface area contributed by atoms with Crippen molar-refractivity contribution in [1.29, 1.82) is 0 Å². The maximum Gasteiger partial charge on any atom is 0.236 e. The largest absolute Gasteiger partial charge is 0.497 e. The lowest BCUT2D eigenvalue weighted by atomic mass is 10.0. The highest BCUT2D eigenvalue weighted by molar-refractivity contribution is 5.78. The fourth-order valence-corrected chi connectivity index (χ4v) is 3.88. The number of carbonyl (C=O) groups is 1. The van der Waals surface area contributed by atoms with Crippen LogP contribution in [-0.2, 0) is 4.79 Å². The SMILES string of the molecule is CNCC(=O)N1CCCC(N2CCN(c3ccc(OC)cc3)CC2)C1. The van der Waals surface area contributed by atoms with E-state index in [4.69, 9.17) is 4.74 Å². The number of hydrogen-bond donors (Lipinski definition) is 1. The van der Waals surface area contributed by atoms with Crippen molar-refractivity contribution in [2.45, 2.75) is 18.9 Å². The van der Waals surface area contributed by atoms with E-state index < -0.39 is 0 Å². The molecule has 6 heteroatoms. The van der Waals surface area contributed by atoms with Crippen molar-refractivity contribution in [3.05, 3.63) is 24.3 Å². The zero-order chi connectivity index (χ0) is 17.6. The van der Waals surface area contributed by atoms with Gasteiger partial charge in [-0.2, -0.15) is 0 Å². The Bertz CT molecular complexity index is 555. The Labute approximate surface area is 150 Å². The van der Waals surface area contributed by atoms with Crippen molar-refractivity contribution in [2.75, 3.05) is 64.9 Å². The molecular formula is C19H30N4O2. The van der Waals surface area contributed by atoms with E-state index >= 15 is 0 Å². The molecule has 0 saturated carbocycles. The van der Waals surface area contributed by atoms with Gasteiger partial charge < -0.3 is 19.9 Å². The molecular weight excluding hydrogens is 316 g/mol. The van der Waals surface area contributed by atoms with Crippen LogP contribution in [0.3, 0.4) is 0 Å². The minimum Gasteiger partial charge on any atom is -0.497 e. The summed E-state index contributed by atoms with van der Waals surface area (Å²) in [4.78, 5) is 19.2. The number of amides is 1. The first-order valence-electron chi connectivity index (χ1n) is 9.26. The number of likely N-dealkylation sites (N-methyl/N-ethyl adjacent to an activating group) is 1. The Balaban J connectivity index is 1.52. The van der Waals surface area contributed by atoms with Crippen molar-refractivity contribution in [2.24, 2.45) is 0 Å². The zero-order valence-electron chi connectivity index (χ0n) is 15.4. The van der Waals surface area contributed by atoms with E-state index in [1.165, 1.54) is 12.1 Å². The second-order valence-corrected chi connectivity index (χ2v) is 6.89. The molecule has 2 heterocycles. The highest BCUT2D eigenvalue weighted by atomic mass is 16.5. The van der Waals surface area contributed by atoms with Crippen LogP contribution in [0.5, 0.6) is 5.75 Å². The number of benzene rings is 1. The molecule has 1 aromatic rings. The van der Waals surface area contributed by atoms with Gasteiger partial charge in [-0.25, -0.2) is 0 Å². The predicted octanol–water partition coefficient (Wildman–Crippen LogP) is 1.03. The number of likely N-dealkylation sites (tertiary alicyclic amines) is 1. The number of piperazine rings is 1. The lowest BCUT2D eigenvalue weighted by Crippen LogP contribution is -2.56. The van der Waals surface area contributed by atoms with Crippen LogP contribution in [0.25, 0.3) is 0 Å². The van der Waals surface area contributed by atoms with Crippen LogP contribution >= 0.6 is 0 Å². The highest BCUT2D eigenvalue weighted by Gasteiger charge is 2.29. The average molecular weight is 346 g/mol. The molecule has 2 aliphatic heterocycles. The van der Waals surface area contributed by atoms with Crippen molar-refractivity contribution >= 4 is 11.6 Å². The third-order valence-electron chi connectivity index (χ3n) is 5.35. The number of carbonyl (C=O) groups excluding carboxylic acids is 1. The third kappa shape index (κ3) is 4.44. The molecule has 1 aromatic carbocycles. The van der Waals surface area contributed by atoms with Crippen LogP contribution in [0, 0.1) is 0 Å². The Morgan fingerprint density at radius 1 is 1.16 bits per heavy atom. The molecule has 1 atom stereocenters. The average Bonchev–Trinajstić information content (AvgIpc) is 2.68. The van der Waals surface area contributed by atoms with Crippen LogP contribution < -0.4 is 15.0 Å². The molecule has 0 aliphatic carbocycles. The first-order valence-corrected chi connectivity index (χ1v) is 9.26. The number of ether oxygens (including phenoxy) is 1. The van der Waals surface area contributed by atoms with Gasteiger partial charge >= 0.3 is 0 Å². The van der Waals surface area contributed by atoms with Gasteiger partial charge in [-0.3, -0.25) is 9.69 Å². The molecule has 6 nitrogen and oxygen atoms in total. The van der Waals surface area contributed by atoms with Gasteiger partial charge in [-0.1, -0.05) is 0 Å². The summed E-state index contributed by atoms with van der Waals surface area (Å²) in [6.07, 6.45) is 2.31. The van der Waals surface area contributed by atoms with Crippen LogP contribution in [0.4, 0.5) is 5.69 Å². The smallest absolute Gasteiger partial charge is 0.236 e. The highest BCUT2D eigenvalue weighted by Crippen LogP contribution is 2.23. The number of nitrogens with zero attached hydrogens (tertiary/aromatic N) is 3. The Morgan fingerprint density at radius 3 is 2.52 bits per heavy atom. The second-order valence-electron chi connectivity index (χ2n) is 6.89. The van der Waals surface area contributed by atoms with Gasteiger partial charge in [0.15, 0.2) is 0 Å². The van der Waals surface area contributed by atoms with Crippen molar-refractivity contribution in [3.63, 3.8) is 0 Å². The van der Waals surface area contributed by atoms with Gasteiger partial charge in [0.1, 0.15) is 5.75 Å². The quantitative estimate of drug-likeness (QED) is 0.863. The number of hydrogen-bond acceptors (Lipinski definition) is 5. The number of piperidine rings is 1. The first-order chi connectivity index (χ1) is 12.2. The molecule has 0 spiro atoms. The Kier molecular flexibility index (Phi) is 6.15. The van der Waals surface area contributed by atoms with E-state index in [1.807, 2.05) is 24.1 Å². The summed E-state index contributed by atoms with van der Waals surface area (Å²) in [5, 5.41) is 2.97. The molecule has 138 valence electrons. The molecule has 1 N–H and O–H groups in total. The standard InChI is InChI=1S/C19H30N4O2/c1-20-14-19(24)23-9-3-4-17(15-23)22-12-10-21(11-13-22)16-5-7-18(25-2)8-6-16/h5-8,17,20H,3-4,9-15H2,1-2H3. The van der Waals surface area contributed by atoms with E-state index in [9.17, 15) is 4.79 Å². The van der Waals surface area contributed by atoms with E-state index in [1.54, 1.807) is 7.11 Å². The predicted molar refractivity (Wildman–Crippen MR) is 100 cm³/mol. The van der Waals surface area contributed by atoms with Gasteiger partial charge in [0.2, 0.25) is 5.91 Å². The molecule has 2 aliphatic rings. The summed E-state index contributed by atoms with van der Waals surface area (Å²) in [5.74, 6) is 1.12.